The fourth-order valence-corrected chi connectivity index (χ4v) is 2.77. The highest BCUT2D eigenvalue weighted by atomic mass is 16.6. The lowest BCUT2D eigenvalue weighted by Gasteiger charge is -2.26. The van der Waals surface area contributed by atoms with Crippen molar-refractivity contribution in [3.63, 3.8) is 0 Å². The van der Waals surface area contributed by atoms with E-state index in [1.54, 1.807) is 12.2 Å². The number of carbonyl (C=O) groups excluding carboxylic acids is 2. The van der Waals surface area contributed by atoms with Crippen molar-refractivity contribution in [2.24, 2.45) is 0 Å². The summed E-state index contributed by atoms with van der Waals surface area (Å²) in [7, 11) is 0. The number of nitrogens with one attached hydrogen (secondary N) is 1. The highest BCUT2D eigenvalue weighted by Gasteiger charge is 2.21. The van der Waals surface area contributed by atoms with Crippen LogP contribution in [0.2, 0.25) is 0 Å². The summed E-state index contributed by atoms with van der Waals surface area (Å²) in [6.07, 6.45) is 2.74. The monoisotopic (exact) mass is 408 g/mol. The Hall–Kier alpha value is -3.54. The molecule has 0 saturated heterocycles. The molecule has 0 aliphatic carbocycles. The first-order valence-electron chi connectivity index (χ1n) is 9.77. The number of benzene rings is 2. The van der Waals surface area contributed by atoms with E-state index in [1.807, 2.05) is 60.7 Å². The molecule has 1 unspecified atom stereocenters. The van der Waals surface area contributed by atoms with Crippen molar-refractivity contribution in [1.82, 2.24) is 10.2 Å². The van der Waals surface area contributed by atoms with E-state index in [9.17, 15) is 9.59 Å². The van der Waals surface area contributed by atoms with E-state index in [-0.39, 0.29) is 25.8 Å². The van der Waals surface area contributed by atoms with Crippen LogP contribution in [0, 0.1) is 0 Å². The number of nitrogens with zero attached hydrogens (tertiary/aromatic N) is 1. The zero-order valence-corrected chi connectivity index (χ0v) is 17.0. The topological polar surface area (TPSA) is 67.9 Å². The first-order valence-corrected chi connectivity index (χ1v) is 9.77. The molecule has 0 heterocycles. The maximum absolute atomic E-state index is 12.5. The van der Waals surface area contributed by atoms with Crippen LogP contribution in [0.25, 0.3) is 0 Å². The molecule has 0 bridgehead atoms. The summed E-state index contributed by atoms with van der Waals surface area (Å²) in [5.41, 5.74) is 1.79. The summed E-state index contributed by atoms with van der Waals surface area (Å²) >= 11 is 0. The average Bonchev–Trinajstić information content (AvgIpc) is 2.77. The Kier molecular flexibility index (Phi) is 9.73. The van der Waals surface area contributed by atoms with E-state index in [0.29, 0.717) is 13.0 Å². The summed E-state index contributed by atoms with van der Waals surface area (Å²) in [6.45, 7) is 8.30. The van der Waals surface area contributed by atoms with Crippen LogP contribution in [0.1, 0.15) is 17.5 Å². The van der Waals surface area contributed by atoms with Gasteiger partial charge < -0.3 is 19.7 Å². The van der Waals surface area contributed by atoms with Crippen molar-refractivity contribution >= 4 is 12.2 Å². The molecule has 6 nitrogen and oxygen atoms in total. The second-order valence-electron chi connectivity index (χ2n) is 6.66. The molecule has 1 atom stereocenters. The lowest BCUT2D eigenvalue weighted by atomic mass is 10.2. The van der Waals surface area contributed by atoms with Crippen LogP contribution in [0.5, 0.6) is 0 Å². The Morgan fingerprint density at radius 2 is 1.47 bits per heavy atom. The van der Waals surface area contributed by atoms with Gasteiger partial charge in [0.2, 0.25) is 0 Å². The van der Waals surface area contributed by atoms with Gasteiger partial charge in [0.25, 0.3) is 0 Å². The highest BCUT2D eigenvalue weighted by Crippen LogP contribution is 2.07. The number of ether oxygens (including phenoxy) is 2. The van der Waals surface area contributed by atoms with E-state index in [2.05, 4.69) is 18.5 Å². The van der Waals surface area contributed by atoms with E-state index < -0.39 is 12.2 Å². The van der Waals surface area contributed by atoms with Gasteiger partial charge in [-0.2, -0.15) is 0 Å². The summed E-state index contributed by atoms with van der Waals surface area (Å²) in [5.74, 6) is 0. The fraction of sp³-hybridized carbons (Fsp3) is 0.250. The number of carbonyl (C=O) groups is 2. The standard InChI is InChI=1S/C24H28N2O4/c1-3-11-22(25-23(27)29-18-20-12-7-5-8-13-20)17-26(16-4-2)24(28)30-19-21-14-9-6-10-15-21/h3-10,12-15,22H,1-2,11,16-19H2,(H,25,27). The number of amides is 2. The molecule has 0 saturated carbocycles. The summed E-state index contributed by atoms with van der Waals surface area (Å²) < 4.78 is 10.7. The first-order chi connectivity index (χ1) is 14.6. The van der Waals surface area contributed by atoms with Gasteiger partial charge in [-0.15, -0.1) is 13.2 Å². The molecule has 0 aliphatic rings. The van der Waals surface area contributed by atoms with E-state index in [1.165, 1.54) is 4.90 Å². The van der Waals surface area contributed by atoms with Gasteiger partial charge in [0.1, 0.15) is 13.2 Å². The lowest BCUT2D eigenvalue weighted by molar-refractivity contribution is 0.0941. The largest absolute Gasteiger partial charge is 0.445 e. The fourth-order valence-electron chi connectivity index (χ4n) is 2.77. The maximum Gasteiger partial charge on any atom is 0.410 e. The third-order valence-electron chi connectivity index (χ3n) is 4.24. The number of alkyl carbamates (subject to hydrolysis) is 1. The van der Waals surface area contributed by atoms with E-state index in [0.717, 1.165) is 11.1 Å². The molecule has 0 fully saturated rings. The van der Waals surface area contributed by atoms with Crippen molar-refractivity contribution in [1.29, 1.82) is 0 Å². The van der Waals surface area contributed by atoms with Crippen molar-refractivity contribution in [3.8, 4) is 0 Å². The molecule has 30 heavy (non-hydrogen) atoms. The van der Waals surface area contributed by atoms with Gasteiger partial charge in [-0.05, 0) is 17.5 Å². The van der Waals surface area contributed by atoms with Crippen LogP contribution < -0.4 is 5.32 Å². The predicted octanol–water partition coefficient (Wildman–Crippen LogP) is 4.68. The Balaban J connectivity index is 1.89. The number of hydrogen-bond donors (Lipinski definition) is 1. The van der Waals surface area contributed by atoms with Gasteiger partial charge >= 0.3 is 12.2 Å². The zero-order chi connectivity index (χ0) is 21.6. The van der Waals surface area contributed by atoms with Crippen molar-refractivity contribution in [3.05, 3.63) is 97.1 Å². The Labute approximate surface area is 177 Å². The molecule has 6 heteroatoms. The van der Waals surface area contributed by atoms with Gasteiger partial charge in [0, 0.05) is 13.1 Å². The molecular weight excluding hydrogens is 380 g/mol. The van der Waals surface area contributed by atoms with Crippen molar-refractivity contribution < 1.29 is 19.1 Å². The molecule has 2 aromatic rings. The molecule has 0 aliphatic heterocycles. The van der Waals surface area contributed by atoms with Gasteiger partial charge in [-0.25, -0.2) is 9.59 Å². The molecule has 158 valence electrons. The lowest BCUT2D eigenvalue weighted by Crippen LogP contribution is -2.46. The molecule has 0 spiro atoms. The summed E-state index contributed by atoms with van der Waals surface area (Å²) in [6, 6.07) is 18.5. The number of hydrogen-bond acceptors (Lipinski definition) is 4. The van der Waals surface area contributed by atoms with Crippen LogP contribution in [0.3, 0.4) is 0 Å². The third kappa shape index (κ3) is 8.22. The molecule has 2 rings (SSSR count). The highest BCUT2D eigenvalue weighted by molar-refractivity contribution is 5.69. The minimum absolute atomic E-state index is 0.170. The summed E-state index contributed by atoms with van der Waals surface area (Å²) in [4.78, 5) is 26.2. The molecule has 1 N–H and O–H groups in total. The van der Waals surface area contributed by atoms with E-state index >= 15 is 0 Å². The van der Waals surface area contributed by atoms with Gasteiger partial charge in [0.05, 0.1) is 6.04 Å². The van der Waals surface area contributed by atoms with E-state index in [4.69, 9.17) is 9.47 Å². The van der Waals surface area contributed by atoms with Crippen LogP contribution in [-0.2, 0) is 22.7 Å². The van der Waals surface area contributed by atoms with Crippen LogP contribution in [0.4, 0.5) is 9.59 Å². The minimum atomic E-state index is -0.554. The van der Waals surface area contributed by atoms with Crippen molar-refractivity contribution in [2.75, 3.05) is 13.1 Å². The Morgan fingerprint density at radius 1 is 0.900 bits per heavy atom. The SMILES string of the molecule is C=CCC(CN(CC=C)C(=O)OCc1ccccc1)NC(=O)OCc1ccccc1. The molecule has 2 amide bonds. The average molecular weight is 408 g/mol. The molecule has 0 radical (unpaired) electrons. The van der Waals surface area contributed by atoms with Gasteiger partial charge in [-0.1, -0.05) is 72.8 Å². The third-order valence-corrected chi connectivity index (χ3v) is 4.24. The Bertz CT molecular complexity index is 808. The first kappa shape index (κ1) is 22.7. The normalized spacial score (nSPS) is 11.1. The quantitative estimate of drug-likeness (QED) is 0.548. The van der Waals surface area contributed by atoms with Gasteiger partial charge in [-0.3, -0.25) is 0 Å². The molecular formula is C24H28N2O4. The minimum Gasteiger partial charge on any atom is -0.445 e. The molecule has 0 aromatic heterocycles. The number of rotatable bonds is 11. The van der Waals surface area contributed by atoms with Crippen LogP contribution in [-0.4, -0.2) is 36.2 Å². The Morgan fingerprint density at radius 3 is 2.00 bits per heavy atom. The predicted molar refractivity (Wildman–Crippen MR) is 117 cm³/mol. The second-order valence-corrected chi connectivity index (χ2v) is 6.66. The van der Waals surface area contributed by atoms with Crippen LogP contribution in [0.15, 0.2) is 86.0 Å². The van der Waals surface area contributed by atoms with Crippen molar-refractivity contribution in [2.45, 2.75) is 25.7 Å². The van der Waals surface area contributed by atoms with Crippen LogP contribution >= 0.6 is 0 Å². The zero-order valence-electron chi connectivity index (χ0n) is 17.0. The molecule has 2 aromatic carbocycles. The van der Waals surface area contributed by atoms with Gasteiger partial charge in [0.15, 0.2) is 0 Å². The summed E-state index contributed by atoms with van der Waals surface area (Å²) in [5, 5.41) is 2.79. The smallest absolute Gasteiger partial charge is 0.410 e. The maximum atomic E-state index is 12.5. The second kappa shape index (κ2) is 12.8.